The van der Waals surface area contributed by atoms with E-state index in [0.29, 0.717) is 13.1 Å². The molecule has 0 rings (SSSR count). The van der Waals surface area contributed by atoms with Crippen molar-refractivity contribution in [3.63, 3.8) is 0 Å². The molecule has 49 valence electrons. The molecule has 0 spiro atoms. The molecule has 0 atom stereocenters. The molecule has 0 saturated carbocycles. The molecule has 0 saturated heterocycles. The van der Waals surface area contributed by atoms with Crippen LogP contribution < -0.4 is 5.73 Å². The summed E-state index contributed by atoms with van der Waals surface area (Å²) in [6.07, 6.45) is 0. The van der Waals surface area contributed by atoms with E-state index in [1.807, 2.05) is 0 Å². The predicted molar refractivity (Wildman–Crippen MR) is 31.0 cm³/mol. The summed E-state index contributed by atoms with van der Waals surface area (Å²) in [7, 11) is 0. The molecule has 8 heavy (non-hydrogen) atoms. The predicted octanol–water partition coefficient (Wildman–Crippen LogP) is -0.00660. The Kier molecular flexibility index (Phi) is 49.0. The van der Waals surface area contributed by atoms with Crippen LogP contribution in [0.15, 0.2) is 0 Å². The van der Waals surface area contributed by atoms with Crippen LogP contribution in [0.4, 0.5) is 0 Å². The summed E-state index contributed by atoms with van der Waals surface area (Å²) in [5.74, 6) is 0. The molecule has 0 aliphatic rings. The van der Waals surface area contributed by atoms with Crippen LogP contribution in [0, 0.1) is 0 Å². The summed E-state index contributed by atoms with van der Waals surface area (Å²) in [6.45, 7) is 2.76. The first-order valence-electron chi connectivity index (χ1n) is 2.29. The maximum atomic E-state index is 7.75. The van der Waals surface area contributed by atoms with E-state index >= 15 is 0 Å². The minimum absolute atomic E-state index is 0. The topological polar surface area (TPSA) is 70.0 Å². The zero-order chi connectivity index (χ0) is 6.12. The molecular weight excluding hydrogens is 181 g/mol. The van der Waals surface area contributed by atoms with Crippen LogP contribution in [0.3, 0.4) is 0 Å². The van der Waals surface area contributed by atoms with Crippen LogP contribution in [0.2, 0.25) is 0 Å². The van der Waals surface area contributed by atoms with Crippen molar-refractivity contribution in [2.45, 2.75) is 6.92 Å². The van der Waals surface area contributed by atoms with E-state index in [1.54, 1.807) is 6.92 Å². The average Bonchev–Trinajstić information content (AvgIpc) is 1.69. The van der Waals surface area contributed by atoms with E-state index in [4.69, 9.17) is 16.6 Å². The Morgan fingerprint density at radius 2 is 1.75 bits per heavy atom. The molecule has 4 N–H and O–H groups in total. The number of nitrogens with one attached hydrogen (secondary N) is 1. The van der Waals surface area contributed by atoms with Crippen molar-refractivity contribution in [3.8, 4) is 0 Å². The van der Waals surface area contributed by atoms with E-state index in [-0.39, 0.29) is 39.3 Å². The third kappa shape index (κ3) is 63.5. The first kappa shape index (κ1) is 16.0. The Morgan fingerprint density at radius 1 is 1.62 bits per heavy atom. The van der Waals surface area contributed by atoms with Crippen molar-refractivity contribution in [1.29, 1.82) is 0 Å². The van der Waals surface area contributed by atoms with Crippen LogP contribution in [-0.2, 0) is 32.7 Å². The quantitative estimate of drug-likeness (QED) is 0.616. The third-order valence-corrected chi connectivity index (χ3v) is 0.129. The second-order valence-corrected chi connectivity index (χ2v) is 0.866. The monoisotopic (exact) mass is 194 g/mol. The molecule has 0 aliphatic carbocycles. The van der Waals surface area contributed by atoms with E-state index in [2.05, 4.69) is 0 Å². The zero-order valence-corrected chi connectivity index (χ0v) is 8.06. The average molecular weight is 194 g/mol. The van der Waals surface area contributed by atoms with Gasteiger partial charge in [0.2, 0.25) is 0 Å². The maximum Gasteiger partial charge on any atom is 0.0553 e. The molecule has 0 heterocycles. The molecule has 1 radical (unpaired) electrons. The molecule has 0 aliphatic heterocycles. The van der Waals surface area contributed by atoms with Crippen molar-refractivity contribution in [2.24, 2.45) is 5.73 Å². The second-order valence-electron chi connectivity index (χ2n) is 0.866. The van der Waals surface area contributed by atoms with E-state index < -0.39 is 0 Å². The van der Waals surface area contributed by atoms with Crippen molar-refractivity contribution >= 4 is 0 Å². The van der Waals surface area contributed by atoms with E-state index in [1.165, 1.54) is 0 Å². The molecule has 4 heteroatoms. The summed E-state index contributed by atoms with van der Waals surface area (Å²) < 4.78 is 0. The number of nitrogens with two attached hydrogens (primary N) is 1. The minimum atomic E-state index is 0. The zero-order valence-electron chi connectivity index (χ0n) is 5.22. The van der Waals surface area contributed by atoms with Crippen LogP contribution in [-0.4, -0.2) is 24.8 Å². The molecule has 0 amide bonds. The third-order valence-electron chi connectivity index (χ3n) is 0.129. The normalized spacial score (nSPS) is 6.00. The van der Waals surface area contributed by atoms with Gasteiger partial charge in [-0.25, -0.2) is 0 Å². The van der Waals surface area contributed by atoms with Gasteiger partial charge in [0.25, 0.3) is 0 Å². The molecule has 0 bridgehead atoms. The number of aliphatic hydroxyl groups excluding tert-OH is 1. The summed E-state index contributed by atoms with van der Waals surface area (Å²) in [6, 6.07) is 0. The second kappa shape index (κ2) is 24.5. The molecule has 0 unspecified atom stereocenters. The van der Waals surface area contributed by atoms with Crippen LogP contribution in [0.5, 0.6) is 0 Å². The van der Waals surface area contributed by atoms with E-state index in [9.17, 15) is 0 Å². The van der Waals surface area contributed by atoms with Gasteiger partial charge in [-0.2, -0.15) is 6.54 Å². The van der Waals surface area contributed by atoms with Gasteiger partial charge >= 0.3 is 0 Å². The van der Waals surface area contributed by atoms with Gasteiger partial charge in [-0.05, 0) is 0 Å². The molecule has 0 aromatic carbocycles. The number of aliphatic hydroxyl groups is 1. The van der Waals surface area contributed by atoms with Gasteiger partial charge in [-0.1, -0.05) is 6.92 Å². The Bertz CT molecular complexity index is 21.5. The van der Waals surface area contributed by atoms with Gasteiger partial charge in [-0.15, -0.1) is 0 Å². The van der Waals surface area contributed by atoms with Gasteiger partial charge in [-0.3, -0.25) is 0 Å². The standard InChI is InChI=1S/C2H7NO.C2H6N.Y/c3-1-2-4;1-2-3;/h4H,1-3H2;3H,2H2,1H3;/q;-1;. The summed E-state index contributed by atoms with van der Waals surface area (Å²) in [4.78, 5) is 0. The first-order valence-corrected chi connectivity index (χ1v) is 2.29. The van der Waals surface area contributed by atoms with Crippen molar-refractivity contribution < 1.29 is 37.8 Å². The fourth-order valence-corrected chi connectivity index (χ4v) is 0. The van der Waals surface area contributed by atoms with Gasteiger partial charge in [0.1, 0.15) is 0 Å². The maximum absolute atomic E-state index is 7.75. The molecule has 0 fully saturated rings. The first-order chi connectivity index (χ1) is 3.33. The van der Waals surface area contributed by atoms with Crippen LogP contribution >= 0.6 is 0 Å². The Hall–Kier alpha value is 0.984. The summed E-state index contributed by atoms with van der Waals surface area (Å²) in [5.41, 5.74) is 11.0. The Balaban J connectivity index is -0.0000000575. The van der Waals surface area contributed by atoms with Crippen LogP contribution in [0.25, 0.3) is 5.73 Å². The molecule has 0 aromatic heterocycles. The van der Waals surface area contributed by atoms with Crippen molar-refractivity contribution in [3.05, 3.63) is 5.73 Å². The van der Waals surface area contributed by atoms with Crippen molar-refractivity contribution in [1.82, 2.24) is 0 Å². The van der Waals surface area contributed by atoms with E-state index in [0.717, 1.165) is 0 Å². The number of rotatable bonds is 1. The Morgan fingerprint density at radius 3 is 1.75 bits per heavy atom. The molecular formula is C4H13N2OY-. The smallest absolute Gasteiger partial charge is 0.0553 e. The largest absolute Gasteiger partial charge is 0.678 e. The van der Waals surface area contributed by atoms with Gasteiger partial charge in [0, 0.05) is 39.3 Å². The molecule has 3 nitrogen and oxygen atoms in total. The Labute approximate surface area is 75.7 Å². The van der Waals surface area contributed by atoms with Gasteiger partial charge < -0.3 is 16.6 Å². The minimum Gasteiger partial charge on any atom is -0.678 e. The van der Waals surface area contributed by atoms with Gasteiger partial charge in [0.05, 0.1) is 6.61 Å². The van der Waals surface area contributed by atoms with Crippen molar-refractivity contribution in [2.75, 3.05) is 19.7 Å². The number of hydrogen-bond acceptors (Lipinski definition) is 2. The van der Waals surface area contributed by atoms with Gasteiger partial charge in [0.15, 0.2) is 0 Å². The fraction of sp³-hybridized carbons (Fsp3) is 1.00. The number of hydrogen-bond donors (Lipinski definition) is 2. The summed E-state index contributed by atoms with van der Waals surface area (Å²) >= 11 is 0. The SMILES string of the molecule is CC[NH-].NCCO.[Y]. The fourth-order valence-electron chi connectivity index (χ4n) is 0. The van der Waals surface area contributed by atoms with Crippen LogP contribution in [0.1, 0.15) is 6.92 Å². The molecule has 0 aromatic rings. The summed E-state index contributed by atoms with van der Waals surface area (Å²) in [5, 5.41) is 7.75.